The average Bonchev–Trinajstić information content (AvgIpc) is 2.69. The number of carbonyl (C=O) groups excluding carboxylic acids is 1. The Morgan fingerprint density at radius 1 is 1.18 bits per heavy atom. The van der Waals surface area contributed by atoms with Crippen molar-refractivity contribution in [3.05, 3.63) is 0 Å². The predicted molar refractivity (Wildman–Crippen MR) is 83.4 cm³/mol. The highest BCUT2D eigenvalue weighted by molar-refractivity contribution is 5.68. The number of amides is 1. The first-order chi connectivity index (χ1) is 9.78. The number of nitrogens with one attached hydrogen (secondary N) is 1. The molecule has 0 aromatic heterocycles. The monoisotopic (exact) mass is 314 g/mol. The molecule has 1 aliphatic heterocycles. The maximum Gasteiger partial charge on any atom is 0.407 e. The van der Waals surface area contributed by atoms with E-state index in [1.54, 1.807) is 0 Å². The highest BCUT2D eigenvalue weighted by atomic mass is 16.8. The summed E-state index contributed by atoms with van der Waals surface area (Å²) in [7, 11) is 0. The molecule has 0 bridgehead atoms. The van der Waals surface area contributed by atoms with Gasteiger partial charge in [0.05, 0.1) is 12.1 Å². The molecule has 0 radical (unpaired) electrons. The number of rotatable bonds is 2. The molecule has 1 amide bonds. The van der Waals surface area contributed by atoms with Crippen molar-refractivity contribution in [1.29, 1.82) is 0 Å². The van der Waals surface area contributed by atoms with Gasteiger partial charge in [-0.3, -0.25) is 0 Å². The van der Waals surface area contributed by atoms with Crippen LogP contribution in [0.3, 0.4) is 0 Å². The Hall–Kier alpha value is -0.850. The number of ether oxygens (including phenoxy) is 3. The minimum Gasteiger partial charge on any atom is -0.444 e. The van der Waals surface area contributed by atoms with Crippen LogP contribution in [0.25, 0.3) is 0 Å². The third-order valence-electron chi connectivity index (χ3n) is 4.12. The van der Waals surface area contributed by atoms with E-state index in [0.717, 1.165) is 0 Å². The molecule has 0 spiro atoms. The summed E-state index contributed by atoms with van der Waals surface area (Å²) in [6.07, 6.45) is -0.0287. The molecule has 0 aromatic rings. The molecule has 0 unspecified atom stereocenters. The summed E-state index contributed by atoms with van der Waals surface area (Å²) in [4.78, 5) is 12.1. The van der Waals surface area contributed by atoms with Crippen LogP contribution in [0.5, 0.6) is 0 Å². The van der Waals surface area contributed by atoms with Crippen molar-refractivity contribution in [2.24, 2.45) is 11.7 Å². The SMILES string of the molecule is CC(C)(C)OC(=O)N[C@@H]1C[C@H](C(C)(C)N)[C@H]2OC(C)(C)O[C@H]21. The normalized spacial score (nSPS) is 34.4. The van der Waals surface area contributed by atoms with Gasteiger partial charge in [0.15, 0.2) is 5.79 Å². The van der Waals surface area contributed by atoms with Gasteiger partial charge in [-0.1, -0.05) is 0 Å². The Morgan fingerprint density at radius 2 is 1.73 bits per heavy atom. The van der Waals surface area contributed by atoms with E-state index in [1.165, 1.54) is 0 Å². The summed E-state index contributed by atoms with van der Waals surface area (Å²) in [6, 6.07) is -0.158. The van der Waals surface area contributed by atoms with Gasteiger partial charge >= 0.3 is 6.09 Å². The summed E-state index contributed by atoms with van der Waals surface area (Å²) in [5, 5.41) is 2.92. The van der Waals surface area contributed by atoms with E-state index in [-0.39, 0.29) is 24.2 Å². The second-order valence-corrected chi connectivity index (χ2v) is 8.48. The molecule has 6 heteroatoms. The summed E-state index contributed by atoms with van der Waals surface area (Å²) in [6.45, 7) is 13.3. The van der Waals surface area contributed by atoms with Crippen LogP contribution in [-0.2, 0) is 14.2 Å². The molecule has 22 heavy (non-hydrogen) atoms. The van der Waals surface area contributed by atoms with Crippen LogP contribution < -0.4 is 11.1 Å². The number of hydrogen-bond donors (Lipinski definition) is 2. The fourth-order valence-electron chi connectivity index (χ4n) is 3.31. The molecule has 128 valence electrons. The Bertz CT molecular complexity index is 436. The van der Waals surface area contributed by atoms with Gasteiger partial charge in [0.25, 0.3) is 0 Å². The largest absolute Gasteiger partial charge is 0.444 e. The van der Waals surface area contributed by atoms with Crippen molar-refractivity contribution in [2.75, 3.05) is 0 Å². The van der Waals surface area contributed by atoms with Gasteiger partial charge < -0.3 is 25.3 Å². The van der Waals surface area contributed by atoms with E-state index in [4.69, 9.17) is 19.9 Å². The first kappa shape index (κ1) is 17.5. The van der Waals surface area contributed by atoms with Crippen LogP contribution in [-0.4, -0.2) is 41.3 Å². The number of hydrogen-bond acceptors (Lipinski definition) is 5. The number of alkyl carbamates (subject to hydrolysis) is 1. The quantitative estimate of drug-likeness (QED) is 0.816. The molecule has 1 heterocycles. The third-order valence-corrected chi connectivity index (χ3v) is 4.12. The van der Waals surface area contributed by atoms with E-state index in [9.17, 15) is 4.79 Å². The van der Waals surface area contributed by atoms with Crippen LogP contribution in [0.1, 0.15) is 54.9 Å². The Balaban J connectivity index is 2.11. The Labute approximate surface area is 133 Å². The molecule has 2 aliphatic rings. The van der Waals surface area contributed by atoms with Gasteiger partial charge in [-0.15, -0.1) is 0 Å². The lowest BCUT2D eigenvalue weighted by molar-refractivity contribution is -0.161. The van der Waals surface area contributed by atoms with Crippen LogP contribution in [0, 0.1) is 5.92 Å². The van der Waals surface area contributed by atoms with Gasteiger partial charge in [0, 0.05) is 11.5 Å². The van der Waals surface area contributed by atoms with Crippen molar-refractivity contribution in [3.8, 4) is 0 Å². The fourth-order valence-corrected chi connectivity index (χ4v) is 3.31. The minimum absolute atomic E-state index is 0.110. The molecule has 1 saturated heterocycles. The van der Waals surface area contributed by atoms with Crippen LogP contribution >= 0.6 is 0 Å². The predicted octanol–water partition coefficient (Wildman–Crippen LogP) is 2.16. The zero-order chi connectivity index (χ0) is 16.9. The minimum atomic E-state index is -0.660. The molecule has 4 atom stereocenters. The summed E-state index contributed by atoms with van der Waals surface area (Å²) in [5.41, 5.74) is 5.37. The van der Waals surface area contributed by atoms with Crippen LogP contribution in [0.4, 0.5) is 4.79 Å². The summed E-state index contributed by atoms with van der Waals surface area (Å²) in [5.74, 6) is -0.549. The topological polar surface area (TPSA) is 82.8 Å². The van der Waals surface area contributed by atoms with E-state index < -0.39 is 23.0 Å². The van der Waals surface area contributed by atoms with Gasteiger partial charge in [-0.2, -0.15) is 0 Å². The highest BCUT2D eigenvalue weighted by Crippen LogP contribution is 2.45. The second kappa shape index (κ2) is 5.35. The lowest BCUT2D eigenvalue weighted by Gasteiger charge is -2.32. The van der Waals surface area contributed by atoms with Crippen LogP contribution in [0.15, 0.2) is 0 Å². The van der Waals surface area contributed by atoms with Gasteiger partial charge in [0.1, 0.15) is 11.7 Å². The summed E-state index contributed by atoms with van der Waals surface area (Å²) >= 11 is 0. The maximum absolute atomic E-state index is 12.1. The number of fused-ring (bicyclic) bond motifs is 1. The summed E-state index contributed by atoms with van der Waals surface area (Å²) < 4.78 is 17.4. The maximum atomic E-state index is 12.1. The Kier molecular flexibility index (Phi) is 4.26. The van der Waals surface area contributed by atoms with Crippen LogP contribution in [0.2, 0.25) is 0 Å². The highest BCUT2D eigenvalue weighted by Gasteiger charge is 2.57. The van der Waals surface area contributed by atoms with E-state index in [0.29, 0.717) is 6.42 Å². The molecule has 2 fully saturated rings. The lowest BCUT2D eigenvalue weighted by Crippen LogP contribution is -2.46. The van der Waals surface area contributed by atoms with Crippen molar-refractivity contribution >= 4 is 6.09 Å². The van der Waals surface area contributed by atoms with Gasteiger partial charge in [-0.05, 0) is 54.9 Å². The van der Waals surface area contributed by atoms with Crippen molar-refractivity contribution < 1.29 is 19.0 Å². The van der Waals surface area contributed by atoms with E-state index in [2.05, 4.69) is 5.32 Å². The molecular weight excluding hydrogens is 284 g/mol. The Morgan fingerprint density at radius 3 is 2.23 bits per heavy atom. The lowest BCUT2D eigenvalue weighted by atomic mass is 9.85. The van der Waals surface area contributed by atoms with Gasteiger partial charge in [-0.25, -0.2) is 4.79 Å². The molecular formula is C16H30N2O4. The zero-order valence-corrected chi connectivity index (χ0v) is 14.7. The van der Waals surface area contributed by atoms with Crippen molar-refractivity contribution in [3.63, 3.8) is 0 Å². The molecule has 1 aliphatic carbocycles. The number of carbonyl (C=O) groups is 1. The second-order valence-electron chi connectivity index (χ2n) is 8.48. The first-order valence-corrected chi connectivity index (χ1v) is 7.92. The van der Waals surface area contributed by atoms with Crippen molar-refractivity contribution in [2.45, 2.75) is 90.1 Å². The fraction of sp³-hybridized carbons (Fsp3) is 0.938. The third kappa shape index (κ3) is 3.91. The number of nitrogens with two attached hydrogens (primary N) is 1. The smallest absolute Gasteiger partial charge is 0.407 e. The zero-order valence-electron chi connectivity index (χ0n) is 14.7. The van der Waals surface area contributed by atoms with Gasteiger partial charge in [0.2, 0.25) is 0 Å². The average molecular weight is 314 g/mol. The molecule has 0 aromatic carbocycles. The first-order valence-electron chi connectivity index (χ1n) is 7.92. The molecule has 6 nitrogen and oxygen atoms in total. The standard InChI is InChI=1S/C16H30N2O4/c1-14(2,3)22-13(19)18-10-8-9(15(4,5)17)11-12(10)21-16(6,7)20-11/h9-12H,8,17H2,1-7H3,(H,18,19)/t9-,10+,11+,12-/m0/s1. The van der Waals surface area contributed by atoms with E-state index in [1.807, 2.05) is 48.5 Å². The van der Waals surface area contributed by atoms with Crippen molar-refractivity contribution in [1.82, 2.24) is 5.32 Å². The molecule has 1 saturated carbocycles. The van der Waals surface area contributed by atoms with E-state index >= 15 is 0 Å². The molecule has 3 N–H and O–H groups in total. The molecule has 2 rings (SSSR count).